The minimum Gasteiger partial charge on any atom is -0.465 e. The zero-order valence-corrected chi connectivity index (χ0v) is 15.1. The largest absolute Gasteiger partial charge is 0.465 e. The van der Waals surface area contributed by atoms with Gasteiger partial charge in [0.2, 0.25) is 5.92 Å². The average molecular weight is 380 g/mol. The fraction of sp³-hybridized carbons (Fsp3) is 0.875. The topological polar surface area (TPSA) is 130 Å². The number of carbonyl (C=O) groups excluding carboxylic acids is 2. The van der Waals surface area contributed by atoms with E-state index in [1.807, 2.05) is 0 Å². The first-order valence-electron chi connectivity index (χ1n) is 8.60. The van der Waals surface area contributed by atoms with Gasteiger partial charge in [0.1, 0.15) is 0 Å². The summed E-state index contributed by atoms with van der Waals surface area (Å²) in [6, 6.07) is 0. The molecule has 0 unspecified atom stereocenters. The molecule has 2 aliphatic heterocycles. The van der Waals surface area contributed by atoms with Gasteiger partial charge in [0.25, 0.3) is 0 Å². The van der Waals surface area contributed by atoms with E-state index in [0.717, 1.165) is 0 Å². The average Bonchev–Trinajstić information content (AvgIpc) is 3.32. The fourth-order valence-electron chi connectivity index (χ4n) is 2.23. The molecule has 2 heterocycles. The second kappa shape index (κ2) is 13.0. The fourth-order valence-corrected chi connectivity index (χ4v) is 2.23. The lowest BCUT2D eigenvalue weighted by atomic mass is 10.1. The van der Waals surface area contributed by atoms with Crippen molar-refractivity contribution in [3.63, 3.8) is 0 Å². The Morgan fingerprint density at radius 1 is 0.846 bits per heavy atom. The van der Waals surface area contributed by atoms with E-state index in [4.69, 9.17) is 38.6 Å². The van der Waals surface area contributed by atoms with Crippen LogP contribution in [0.1, 0.15) is 13.8 Å². The first-order valence-corrected chi connectivity index (χ1v) is 8.60. The van der Waals surface area contributed by atoms with E-state index in [1.165, 1.54) is 0 Å². The normalized spacial score (nSPS) is 18.1. The highest BCUT2D eigenvalue weighted by atomic mass is 16.7. The first-order chi connectivity index (χ1) is 12.6. The molecular weight excluding hydrogens is 352 g/mol. The third-order valence-electron chi connectivity index (χ3n) is 3.50. The maximum atomic E-state index is 11.6. The number of esters is 2. The van der Waals surface area contributed by atoms with Gasteiger partial charge in [-0.15, -0.1) is 0 Å². The van der Waals surface area contributed by atoms with Crippen molar-refractivity contribution in [2.75, 3.05) is 52.9 Å². The molecule has 2 rings (SSSR count). The van der Waals surface area contributed by atoms with Gasteiger partial charge in [-0.2, -0.15) is 0 Å². The highest BCUT2D eigenvalue weighted by Crippen LogP contribution is 2.18. The van der Waals surface area contributed by atoms with Gasteiger partial charge in [0.05, 0.1) is 58.8 Å². The molecule has 26 heavy (non-hydrogen) atoms. The van der Waals surface area contributed by atoms with Crippen molar-refractivity contribution in [2.24, 2.45) is 11.8 Å². The Kier molecular flexibility index (Phi) is 11.3. The number of ether oxygens (including phenoxy) is 6. The lowest BCUT2D eigenvalue weighted by Crippen LogP contribution is -2.38. The Balaban J connectivity index is 0.000000289. The van der Waals surface area contributed by atoms with Crippen molar-refractivity contribution in [3.8, 4) is 0 Å². The summed E-state index contributed by atoms with van der Waals surface area (Å²) < 4.78 is 29.9. The number of hydrogen-bond donors (Lipinski definition) is 2. The minimum atomic E-state index is -1.15. The molecule has 2 aliphatic rings. The summed E-state index contributed by atoms with van der Waals surface area (Å²) in [5, 5.41) is 17.3. The second-order valence-corrected chi connectivity index (χ2v) is 5.33. The van der Waals surface area contributed by atoms with Crippen LogP contribution in [0.2, 0.25) is 0 Å². The van der Waals surface area contributed by atoms with Crippen molar-refractivity contribution < 1.29 is 48.2 Å². The Hall–Kier alpha value is -1.30. The quantitative estimate of drug-likeness (QED) is 0.402. The van der Waals surface area contributed by atoms with Crippen molar-refractivity contribution in [1.82, 2.24) is 0 Å². The predicted molar refractivity (Wildman–Crippen MR) is 85.8 cm³/mol. The molecular formula is C16H28O10. The van der Waals surface area contributed by atoms with Crippen molar-refractivity contribution in [3.05, 3.63) is 0 Å². The molecule has 0 aromatic heterocycles. The van der Waals surface area contributed by atoms with E-state index in [2.05, 4.69) is 0 Å². The van der Waals surface area contributed by atoms with Crippen LogP contribution in [0.5, 0.6) is 0 Å². The summed E-state index contributed by atoms with van der Waals surface area (Å²) in [4.78, 5) is 23.1. The van der Waals surface area contributed by atoms with E-state index >= 15 is 0 Å². The Labute approximate surface area is 152 Å². The molecule has 2 N–H and O–H groups in total. The van der Waals surface area contributed by atoms with E-state index in [1.54, 1.807) is 13.8 Å². The molecule has 0 radical (unpaired) electrons. The minimum absolute atomic E-state index is 0.0961. The SMILES string of the molecule is CCOC(=O)C(C(=O)OCC)C1OCCO1.OCC(CO)C1OCCO1. The van der Waals surface area contributed by atoms with E-state index in [0.29, 0.717) is 26.4 Å². The molecule has 0 spiro atoms. The molecule has 0 aliphatic carbocycles. The number of rotatable bonds is 8. The lowest BCUT2D eigenvalue weighted by molar-refractivity contribution is -0.180. The zero-order valence-electron chi connectivity index (χ0n) is 15.1. The van der Waals surface area contributed by atoms with Crippen LogP contribution in [-0.4, -0.2) is 87.6 Å². The number of carbonyl (C=O) groups is 2. The van der Waals surface area contributed by atoms with Gasteiger partial charge in [-0.3, -0.25) is 9.59 Å². The van der Waals surface area contributed by atoms with Gasteiger partial charge in [-0.1, -0.05) is 0 Å². The van der Waals surface area contributed by atoms with E-state index < -0.39 is 30.4 Å². The van der Waals surface area contributed by atoms with Crippen LogP contribution in [0.3, 0.4) is 0 Å². The molecule has 10 heteroatoms. The first kappa shape index (κ1) is 22.7. The summed E-state index contributed by atoms with van der Waals surface area (Å²) in [6.07, 6.45) is -1.30. The van der Waals surface area contributed by atoms with Crippen LogP contribution < -0.4 is 0 Å². The van der Waals surface area contributed by atoms with Gasteiger partial charge in [0.15, 0.2) is 12.6 Å². The monoisotopic (exact) mass is 380 g/mol. The molecule has 152 valence electrons. The smallest absolute Gasteiger partial charge is 0.325 e. The Morgan fingerprint density at radius 2 is 1.23 bits per heavy atom. The van der Waals surface area contributed by atoms with Crippen molar-refractivity contribution in [1.29, 1.82) is 0 Å². The van der Waals surface area contributed by atoms with Crippen molar-refractivity contribution >= 4 is 11.9 Å². The summed E-state index contributed by atoms with van der Waals surface area (Å²) in [7, 11) is 0. The summed E-state index contributed by atoms with van der Waals surface area (Å²) in [6.45, 7) is 5.36. The van der Waals surface area contributed by atoms with E-state index in [9.17, 15) is 9.59 Å². The molecule has 0 atom stereocenters. The van der Waals surface area contributed by atoms with Crippen LogP contribution in [0.25, 0.3) is 0 Å². The number of aliphatic hydroxyl groups excluding tert-OH is 2. The molecule has 0 aromatic rings. The van der Waals surface area contributed by atoms with E-state index in [-0.39, 0.29) is 32.3 Å². The summed E-state index contributed by atoms with van der Waals surface area (Å²) in [5.41, 5.74) is 0. The highest BCUT2D eigenvalue weighted by Gasteiger charge is 2.41. The molecule has 0 amide bonds. The van der Waals surface area contributed by atoms with Gasteiger partial charge >= 0.3 is 11.9 Å². The summed E-state index contributed by atoms with van der Waals surface area (Å²) >= 11 is 0. The second-order valence-electron chi connectivity index (χ2n) is 5.33. The number of hydrogen-bond acceptors (Lipinski definition) is 10. The lowest BCUT2D eigenvalue weighted by Gasteiger charge is -2.18. The third-order valence-corrected chi connectivity index (χ3v) is 3.50. The van der Waals surface area contributed by atoms with Crippen LogP contribution >= 0.6 is 0 Å². The van der Waals surface area contributed by atoms with Crippen LogP contribution in [0.4, 0.5) is 0 Å². The maximum Gasteiger partial charge on any atom is 0.325 e. The van der Waals surface area contributed by atoms with Gasteiger partial charge < -0.3 is 38.6 Å². The van der Waals surface area contributed by atoms with Crippen LogP contribution in [0, 0.1) is 11.8 Å². The van der Waals surface area contributed by atoms with Gasteiger partial charge in [-0.25, -0.2) is 0 Å². The Bertz CT molecular complexity index is 382. The molecule has 2 fully saturated rings. The van der Waals surface area contributed by atoms with Gasteiger partial charge in [0, 0.05) is 0 Å². The zero-order chi connectivity index (χ0) is 19.4. The van der Waals surface area contributed by atoms with Crippen LogP contribution in [-0.2, 0) is 38.0 Å². The summed E-state index contributed by atoms with van der Waals surface area (Å²) in [5.74, 6) is -2.79. The molecule has 0 aromatic carbocycles. The van der Waals surface area contributed by atoms with Gasteiger partial charge in [-0.05, 0) is 13.8 Å². The highest BCUT2D eigenvalue weighted by molar-refractivity contribution is 5.95. The third kappa shape index (κ3) is 7.14. The maximum absolute atomic E-state index is 11.6. The van der Waals surface area contributed by atoms with Crippen LogP contribution in [0.15, 0.2) is 0 Å². The Morgan fingerprint density at radius 3 is 1.58 bits per heavy atom. The van der Waals surface area contributed by atoms with Crippen molar-refractivity contribution in [2.45, 2.75) is 26.4 Å². The molecule has 0 bridgehead atoms. The number of aliphatic hydroxyl groups is 2. The standard InChI is InChI=1S/C10H16O6.C6H12O4/c1-3-13-8(11)7(9(12)14-4-2)10-15-5-6-16-10;7-3-5(4-8)6-9-1-2-10-6/h7,10H,3-6H2,1-2H3;5-8H,1-4H2. The molecule has 0 saturated carbocycles. The predicted octanol–water partition coefficient (Wildman–Crippen LogP) is -0.938. The molecule has 10 nitrogen and oxygen atoms in total. The molecule has 2 saturated heterocycles.